The van der Waals surface area contributed by atoms with Crippen molar-refractivity contribution in [2.24, 2.45) is 13.0 Å². The van der Waals surface area contributed by atoms with Gasteiger partial charge in [-0.05, 0) is 18.8 Å². The first-order valence-electron chi connectivity index (χ1n) is 6.63. The topological polar surface area (TPSA) is 76.0 Å². The molecule has 0 bridgehead atoms. The minimum atomic E-state index is -0.444. The minimum absolute atomic E-state index is 0.157. The van der Waals surface area contributed by atoms with E-state index in [1.54, 1.807) is 24.1 Å². The molecule has 1 aromatic heterocycles. The second-order valence-corrected chi connectivity index (χ2v) is 5.11. The Morgan fingerprint density at radius 3 is 2.63 bits per heavy atom. The van der Waals surface area contributed by atoms with Gasteiger partial charge in [0.2, 0.25) is 11.8 Å². The number of amides is 2. The number of carbonyl (C=O) groups excluding carboxylic acids is 2. The van der Waals surface area contributed by atoms with E-state index in [0.717, 1.165) is 25.7 Å². The van der Waals surface area contributed by atoms with Crippen LogP contribution in [0, 0.1) is 5.92 Å². The van der Waals surface area contributed by atoms with Crippen LogP contribution >= 0.6 is 0 Å². The van der Waals surface area contributed by atoms with E-state index in [1.165, 1.54) is 6.92 Å². The van der Waals surface area contributed by atoms with Gasteiger partial charge in [0, 0.05) is 20.2 Å². The summed E-state index contributed by atoms with van der Waals surface area (Å²) in [6.45, 7) is 1.44. The Labute approximate surface area is 112 Å². The van der Waals surface area contributed by atoms with E-state index in [-0.39, 0.29) is 17.7 Å². The number of aromatic nitrogens is 2. The van der Waals surface area contributed by atoms with Gasteiger partial charge in [0.05, 0.1) is 11.9 Å². The Morgan fingerprint density at radius 1 is 1.42 bits per heavy atom. The second kappa shape index (κ2) is 5.86. The van der Waals surface area contributed by atoms with Crippen LogP contribution in [0.4, 0.5) is 5.69 Å². The molecule has 0 spiro atoms. The van der Waals surface area contributed by atoms with Crippen LogP contribution in [0.1, 0.15) is 32.6 Å². The lowest BCUT2D eigenvalue weighted by atomic mass is 9.97. The fourth-order valence-corrected chi connectivity index (χ4v) is 2.61. The van der Waals surface area contributed by atoms with Gasteiger partial charge in [0.15, 0.2) is 0 Å². The summed E-state index contributed by atoms with van der Waals surface area (Å²) in [5, 5.41) is 9.58. The summed E-state index contributed by atoms with van der Waals surface area (Å²) in [5.74, 6) is -0.0890. The van der Waals surface area contributed by atoms with Gasteiger partial charge < -0.3 is 10.6 Å². The Kier molecular flexibility index (Phi) is 4.19. The quantitative estimate of drug-likeness (QED) is 0.853. The molecule has 0 saturated heterocycles. The van der Waals surface area contributed by atoms with E-state index >= 15 is 0 Å². The van der Waals surface area contributed by atoms with E-state index in [0.29, 0.717) is 5.69 Å². The van der Waals surface area contributed by atoms with E-state index in [4.69, 9.17) is 0 Å². The van der Waals surface area contributed by atoms with Crippen LogP contribution < -0.4 is 10.6 Å². The van der Waals surface area contributed by atoms with Crippen LogP contribution in [0.15, 0.2) is 12.4 Å². The molecule has 2 amide bonds. The molecule has 6 heteroatoms. The molecule has 1 heterocycles. The molecule has 1 aromatic rings. The lowest BCUT2D eigenvalue weighted by Gasteiger charge is -2.22. The molecule has 2 N–H and O–H groups in total. The van der Waals surface area contributed by atoms with Crippen molar-refractivity contribution in [3.8, 4) is 0 Å². The van der Waals surface area contributed by atoms with Gasteiger partial charge in [0.25, 0.3) is 0 Å². The van der Waals surface area contributed by atoms with Gasteiger partial charge in [-0.25, -0.2) is 0 Å². The Hall–Kier alpha value is -1.85. The average Bonchev–Trinajstić information content (AvgIpc) is 2.97. The highest BCUT2D eigenvalue weighted by molar-refractivity contribution is 5.97. The Morgan fingerprint density at radius 2 is 2.11 bits per heavy atom. The first kappa shape index (κ1) is 13.6. The van der Waals surface area contributed by atoms with E-state index < -0.39 is 6.04 Å². The highest BCUT2D eigenvalue weighted by Crippen LogP contribution is 2.28. The summed E-state index contributed by atoms with van der Waals surface area (Å²) in [7, 11) is 1.79. The summed E-state index contributed by atoms with van der Waals surface area (Å²) in [6, 6.07) is -0.444. The SMILES string of the molecule is CC(=O)NC(C(=O)Nc1cnn(C)c1)C1CCCC1. The lowest BCUT2D eigenvalue weighted by molar-refractivity contribution is -0.126. The zero-order valence-electron chi connectivity index (χ0n) is 11.3. The summed E-state index contributed by atoms with van der Waals surface area (Å²) >= 11 is 0. The molecule has 0 radical (unpaired) electrons. The maximum Gasteiger partial charge on any atom is 0.247 e. The molecule has 1 saturated carbocycles. The fourth-order valence-electron chi connectivity index (χ4n) is 2.61. The molecule has 0 aliphatic heterocycles. The van der Waals surface area contributed by atoms with Crippen LogP contribution in [0.25, 0.3) is 0 Å². The first-order valence-corrected chi connectivity index (χ1v) is 6.63. The van der Waals surface area contributed by atoms with Gasteiger partial charge in [-0.15, -0.1) is 0 Å². The Balaban J connectivity index is 2.04. The molecule has 19 heavy (non-hydrogen) atoms. The third kappa shape index (κ3) is 3.56. The zero-order chi connectivity index (χ0) is 13.8. The number of hydrogen-bond acceptors (Lipinski definition) is 3. The second-order valence-electron chi connectivity index (χ2n) is 5.11. The van der Waals surface area contributed by atoms with E-state index in [9.17, 15) is 9.59 Å². The largest absolute Gasteiger partial charge is 0.344 e. The summed E-state index contributed by atoms with van der Waals surface area (Å²) in [5.41, 5.74) is 0.654. The molecule has 1 aliphatic rings. The molecule has 6 nitrogen and oxygen atoms in total. The normalized spacial score (nSPS) is 17.2. The predicted molar refractivity (Wildman–Crippen MR) is 71.4 cm³/mol. The smallest absolute Gasteiger partial charge is 0.247 e. The molecular formula is C13H20N4O2. The highest BCUT2D eigenvalue weighted by Gasteiger charge is 2.31. The third-order valence-electron chi connectivity index (χ3n) is 3.48. The van der Waals surface area contributed by atoms with Crippen molar-refractivity contribution in [3.63, 3.8) is 0 Å². The number of aryl methyl sites for hydroxylation is 1. The highest BCUT2D eigenvalue weighted by atomic mass is 16.2. The molecule has 0 aromatic carbocycles. The number of hydrogen-bond donors (Lipinski definition) is 2. The van der Waals surface area contributed by atoms with E-state index in [2.05, 4.69) is 15.7 Å². The molecule has 1 aliphatic carbocycles. The van der Waals surface area contributed by atoms with Crippen molar-refractivity contribution >= 4 is 17.5 Å². The number of nitrogens with zero attached hydrogens (tertiary/aromatic N) is 2. The predicted octanol–water partition coefficient (Wildman–Crippen LogP) is 1.05. The lowest BCUT2D eigenvalue weighted by Crippen LogP contribution is -2.47. The van der Waals surface area contributed by atoms with Crippen molar-refractivity contribution in [3.05, 3.63) is 12.4 Å². The number of carbonyl (C=O) groups is 2. The molecule has 1 atom stereocenters. The van der Waals surface area contributed by atoms with Crippen LogP contribution in [0.3, 0.4) is 0 Å². The summed E-state index contributed by atoms with van der Waals surface area (Å²) < 4.78 is 1.62. The van der Waals surface area contributed by atoms with Crippen molar-refractivity contribution in [2.45, 2.75) is 38.6 Å². The average molecular weight is 264 g/mol. The maximum absolute atomic E-state index is 12.3. The van der Waals surface area contributed by atoms with E-state index in [1.807, 2.05) is 0 Å². The van der Waals surface area contributed by atoms with Crippen LogP contribution in [-0.2, 0) is 16.6 Å². The maximum atomic E-state index is 12.3. The summed E-state index contributed by atoms with van der Waals surface area (Å²) in [6.07, 6.45) is 7.56. The van der Waals surface area contributed by atoms with Gasteiger partial charge in [-0.2, -0.15) is 5.10 Å². The number of nitrogens with one attached hydrogen (secondary N) is 2. The van der Waals surface area contributed by atoms with Gasteiger partial charge in [-0.1, -0.05) is 12.8 Å². The molecule has 1 fully saturated rings. The Bertz CT molecular complexity index is 463. The number of rotatable bonds is 4. The minimum Gasteiger partial charge on any atom is -0.344 e. The van der Waals surface area contributed by atoms with Gasteiger partial charge in [0.1, 0.15) is 6.04 Å². The molecule has 1 unspecified atom stereocenters. The van der Waals surface area contributed by atoms with Crippen LogP contribution in [0.5, 0.6) is 0 Å². The van der Waals surface area contributed by atoms with Crippen LogP contribution in [0.2, 0.25) is 0 Å². The fraction of sp³-hybridized carbons (Fsp3) is 0.615. The molecule has 2 rings (SSSR count). The van der Waals surface area contributed by atoms with Crippen LogP contribution in [-0.4, -0.2) is 27.6 Å². The molecule has 104 valence electrons. The number of anilines is 1. The standard InChI is InChI=1S/C13H20N4O2/c1-9(18)15-12(10-5-3-4-6-10)13(19)16-11-7-14-17(2)8-11/h7-8,10,12H,3-6H2,1-2H3,(H,15,18)(H,16,19). The van der Waals surface area contributed by atoms with Gasteiger partial charge >= 0.3 is 0 Å². The van der Waals surface area contributed by atoms with Crippen molar-refractivity contribution in [2.75, 3.05) is 5.32 Å². The third-order valence-corrected chi connectivity index (χ3v) is 3.48. The monoisotopic (exact) mass is 264 g/mol. The first-order chi connectivity index (χ1) is 9.06. The molecular weight excluding hydrogens is 244 g/mol. The summed E-state index contributed by atoms with van der Waals surface area (Å²) in [4.78, 5) is 23.5. The van der Waals surface area contributed by atoms with Crippen molar-refractivity contribution in [1.29, 1.82) is 0 Å². The zero-order valence-corrected chi connectivity index (χ0v) is 11.3. The van der Waals surface area contributed by atoms with Crippen molar-refractivity contribution in [1.82, 2.24) is 15.1 Å². The van der Waals surface area contributed by atoms with Crippen molar-refractivity contribution < 1.29 is 9.59 Å². The van der Waals surface area contributed by atoms with Gasteiger partial charge in [-0.3, -0.25) is 14.3 Å².